The number of esters is 1. The van der Waals surface area contributed by atoms with Crippen molar-refractivity contribution in [2.75, 3.05) is 7.11 Å². The van der Waals surface area contributed by atoms with Crippen LogP contribution in [-0.4, -0.2) is 18.9 Å². The fourth-order valence-corrected chi connectivity index (χ4v) is 1.99. The number of ketones is 1. The molecule has 1 rings (SSSR count). The molecule has 1 unspecified atom stereocenters. The first-order chi connectivity index (χ1) is 7.95. The second-order valence-electron chi connectivity index (χ2n) is 3.57. The molecule has 0 N–H and O–H groups in total. The van der Waals surface area contributed by atoms with E-state index in [4.69, 9.17) is 11.6 Å². The van der Waals surface area contributed by atoms with Gasteiger partial charge in [-0.15, -0.1) is 11.6 Å². The van der Waals surface area contributed by atoms with Gasteiger partial charge in [-0.1, -0.05) is 22.0 Å². The van der Waals surface area contributed by atoms with Gasteiger partial charge < -0.3 is 4.74 Å². The first-order valence-electron chi connectivity index (χ1n) is 4.95. The van der Waals surface area contributed by atoms with E-state index in [2.05, 4.69) is 20.7 Å². The molecule has 17 heavy (non-hydrogen) atoms. The third-order valence-corrected chi connectivity index (χ3v) is 3.34. The average molecular weight is 320 g/mol. The zero-order valence-corrected chi connectivity index (χ0v) is 11.8. The van der Waals surface area contributed by atoms with Crippen molar-refractivity contribution in [3.8, 4) is 0 Å². The van der Waals surface area contributed by atoms with E-state index in [1.54, 1.807) is 18.2 Å². The zero-order chi connectivity index (χ0) is 13.0. The molecule has 5 heteroatoms. The first-order valence-corrected chi connectivity index (χ1v) is 6.18. The van der Waals surface area contributed by atoms with E-state index >= 15 is 0 Å². The van der Waals surface area contributed by atoms with Crippen molar-refractivity contribution in [3.05, 3.63) is 33.8 Å². The van der Waals surface area contributed by atoms with Crippen LogP contribution in [0.2, 0.25) is 0 Å². The molecular weight excluding hydrogens is 307 g/mol. The maximum Gasteiger partial charge on any atom is 0.309 e. The van der Waals surface area contributed by atoms with E-state index in [9.17, 15) is 9.59 Å². The van der Waals surface area contributed by atoms with Crippen molar-refractivity contribution < 1.29 is 14.3 Å². The lowest BCUT2D eigenvalue weighted by Gasteiger charge is -2.12. The van der Waals surface area contributed by atoms with Crippen molar-refractivity contribution in [1.82, 2.24) is 0 Å². The molecule has 0 spiro atoms. The Balaban J connectivity index is 3.12. The molecule has 0 aliphatic carbocycles. The highest BCUT2D eigenvalue weighted by atomic mass is 79.9. The van der Waals surface area contributed by atoms with E-state index in [-0.39, 0.29) is 18.2 Å². The molecule has 92 valence electrons. The fraction of sp³-hybridized carbons (Fsp3) is 0.333. The van der Waals surface area contributed by atoms with E-state index in [1.807, 2.05) is 0 Å². The van der Waals surface area contributed by atoms with Gasteiger partial charge in [-0.3, -0.25) is 9.59 Å². The van der Waals surface area contributed by atoms with Gasteiger partial charge in [-0.05, 0) is 30.2 Å². The third kappa shape index (κ3) is 3.82. The van der Waals surface area contributed by atoms with Gasteiger partial charge >= 0.3 is 5.97 Å². The molecule has 0 amide bonds. The quantitative estimate of drug-likeness (QED) is 0.633. The van der Waals surface area contributed by atoms with Crippen molar-refractivity contribution in [1.29, 1.82) is 0 Å². The van der Waals surface area contributed by atoms with Crippen LogP contribution in [0.1, 0.15) is 23.4 Å². The summed E-state index contributed by atoms with van der Waals surface area (Å²) in [4.78, 5) is 22.5. The van der Waals surface area contributed by atoms with E-state index in [0.29, 0.717) is 11.1 Å². The van der Waals surface area contributed by atoms with Crippen LogP contribution < -0.4 is 0 Å². The second-order valence-corrected chi connectivity index (χ2v) is 4.92. The monoisotopic (exact) mass is 318 g/mol. The lowest BCUT2D eigenvalue weighted by atomic mass is 10.00. The zero-order valence-electron chi connectivity index (χ0n) is 9.50. The summed E-state index contributed by atoms with van der Waals surface area (Å²) < 4.78 is 5.41. The number of carbonyl (C=O) groups is 2. The van der Waals surface area contributed by atoms with Crippen molar-refractivity contribution in [2.24, 2.45) is 0 Å². The number of hydrogen-bond donors (Lipinski definition) is 0. The Kier molecular flexibility index (Phi) is 5.15. The molecule has 0 radical (unpaired) electrons. The Morgan fingerprint density at radius 3 is 2.65 bits per heavy atom. The predicted octanol–water partition coefficient (Wildman–Crippen LogP) is 3.03. The minimum Gasteiger partial charge on any atom is -0.469 e. The summed E-state index contributed by atoms with van der Waals surface area (Å²) in [7, 11) is 1.32. The summed E-state index contributed by atoms with van der Waals surface area (Å²) in [6, 6.07) is 5.30. The number of halogens is 2. The van der Waals surface area contributed by atoms with Crippen molar-refractivity contribution in [3.63, 3.8) is 0 Å². The molecule has 0 aliphatic rings. The van der Waals surface area contributed by atoms with E-state index in [0.717, 1.165) is 4.47 Å². The van der Waals surface area contributed by atoms with Crippen LogP contribution in [0.25, 0.3) is 0 Å². The number of benzene rings is 1. The molecule has 1 aromatic rings. The number of hydrogen-bond acceptors (Lipinski definition) is 3. The van der Waals surface area contributed by atoms with Crippen LogP contribution in [0.3, 0.4) is 0 Å². The maximum atomic E-state index is 11.3. The summed E-state index contributed by atoms with van der Waals surface area (Å²) >= 11 is 9.33. The average Bonchev–Trinajstić information content (AvgIpc) is 2.30. The lowest BCUT2D eigenvalue weighted by Crippen LogP contribution is -2.10. The van der Waals surface area contributed by atoms with Gasteiger partial charge in [0.2, 0.25) is 0 Å². The molecule has 0 fully saturated rings. The number of alkyl halides is 1. The first kappa shape index (κ1) is 14.2. The molecule has 3 nitrogen and oxygen atoms in total. The molecule has 1 atom stereocenters. The highest BCUT2D eigenvalue weighted by molar-refractivity contribution is 9.10. The Morgan fingerprint density at radius 1 is 1.47 bits per heavy atom. The Hall–Kier alpha value is -0.870. The second kappa shape index (κ2) is 6.17. The SMILES string of the molecule is COC(=O)Cc1ccc(Br)cc1C(Cl)C(C)=O. The summed E-state index contributed by atoms with van der Waals surface area (Å²) in [6.07, 6.45) is 0.107. The topological polar surface area (TPSA) is 43.4 Å². The van der Waals surface area contributed by atoms with Gasteiger partial charge in [0.1, 0.15) is 5.38 Å². The maximum absolute atomic E-state index is 11.3. The number of carbonyl (C=O) groups excluding carboxylic acids is 2. The predicted molar refractivity (Wildman–Crippen MR) is 69.1 cm³/mol. The minimum atomic E-state index is -0.743. The molecule has 0 saturated heterocycles. The van der Waals surface area contributed by atoms with Gasteiger partial charge in [0.15, 0.2) is 5.78 Å². The molecular formula is C12H12BrClO3. The van der Waals surface area contributed by atoms with Crippen molar-refractivity contribution >= 4 is 39.3 Å². The van der Waals surface area contributed by atoms with Crippen molar-refractivity contribution in [2.45, 2.75) is 18.7 Å². The van der Waals surface area contributed by atoms with E-state index < -0.39 is 5.38 Å². The number of ether oxygens (including phenoxy) is 1. The van der Waals surface area contributed by atoms with Gasteiger partial charge in [0, 0.05) is 4.47 Å². The van der Waals surface area contributed by atoms with Crippen LogP contribution >= 0.6 is 27.5 Å². The summed E-state index contributed by atoms with van der Waals surface area (Å²) in [5, 5.41) is -0.743. The lowest BCUT2D eigenvalue weighted by molar-refractivity contribution is -0.139. The molecule has 0 aromatic heterocycles. The van der Waals surface area contributed by atoms with Crippen LogP contribution in [0, 0.1) is 0 Å². The Bertz CT molecular complexity index is 445. The standard InChI is InChI=1S/C12H12BrClO3/c1-7(15)12(14)10-6-9(13)4-3-8(10)5-11(16)17-2/h3-4,6,12H,5H2,1-2H3. The fourth-order valence-electron chi connectivity index (χ4n) is 1.41. The Morgan fingerprint density at radius 2 is 2.12 bits per heavy atom. The van der Waals surface area contributed by atoms with E-state index in [1.165, 1.54) is 14.0 Å². The largest absolute Gasteiger partial charge is 0.469 e. The smallest absolute Gasteiger partial charge is 0.309 e. The third-order valence-electron chi connectivity index (χ3n) is 2.30. The summed E-state index contributed by atoms with van der Waals surface area (Å²) in [5.41, 5.74) is 1.34. The van der Waals surface area contributed by atoms with Crippen LogP contribution in [0.4, 0.5) is 0 Å². The Labute approximate surface area is 113 Å². The van der Waals surface area contributed by atoms with Gasteiger partial charge in [0.25, 0.3) is 0 Å². The summed E-state index contributed by atoms with van der Waals surface area (Å²) in [5.74, 6) is -0.517. The molecule has 0 saturated carbocycles. The summed E-state index contributed by atoms with van der Waals surface area (Å²) in [6.45, 7) is 1.42. The highest BCUT2D eigenvalue weighted by Gasteiger charge is 2.19. The number of Topliss-reactive ketones (excluding diaryl/α,β-unsaturated/α-hetero) is 1. The highest BCUT2D eigenvalue weighted by Crippen LogP contribution is 2.28. The molecule has 0 heterocycles. The van der Waals surface area contributed by atoms with Crippen LogP contribution in [0.5, 0.6) is 0 Å². The molecule has 0 aliphatic heterocycles. The van der Waals surface area contributed by atoms with Crippen LogP contribution in [-0.2, 0) is 20.7 Å². The molecule has 0 bridgehead atoms. The minimum absolute atomic E-state index is 0.107. The van der Waals surface area contributed by atoms with Gasteiger partial charge in [-0.25, -0.2) is 0 Å². The normalized spacial score (nSPS) is 12.0. The number of rotatable bonds is 4. The van der Waals surface area contributed by atoms with Gasteiger partial charge in [-0.2, -0.15) is 0 Å². The van der Waals surface area contributed by atoms with Gasteiger partial charge in [0.05, 0.1) is 13.5 Å². The molecule has 1 aromatic carbocycles. The van der Waals surface area contributed by atoms with Crippen LogP contribution in [0.15, 0.2) is 22.7 Å². The number of methoxy groups -OCH3 is 1.